The molecule has 0 saturated carbocycles. The van der Waals surface area contributed by atoms with Gasteiger partial charge in [0.15, 0.2) is 0 Å². The maximum Gasteiger partial charge on any atom is 0.126 e. The normalized spacial score (nSPS) is 13.2. The SMILES string of the molecule is CC(Nc1ccc(-c2cncc(S(C)=O)c2)cn1)c1ccc(F)cc1. The Morgan fingerprint density at radius 2 is 1.80 bits per heavy atom. The van der Waals surface area contributed by atoms with Crippen molar-refractivity contribution in [3.05, 3.63) is 72.4 Å². The summed E-state index contributed by atoms with van der Waals surface area (Å²) in [6.45, 7) is 1.99. The summed E-state index contributed by atoms with van der Waals surface area (Å²) in [5.74, 6) is 0.478. The second kappa shape index (κ2) is 7.53. The van der Waals surface area contributed by atoms with Crippen LogP contribution in [0.4, 0.5) is 10.2 Å². The monoisotopic (exact) mass is 355 g/mol. The van der Waals surface area contributed by atoms with Crippen molar-refractivity contribution in [2.45, 2.75) is 17.9 Å². The van der Waals surface area contributed by atoms with Gasteiger partial charge in [0.25, 0.3) is 0 Å². The van der Waals surface area contributed by atoms with Crippen molar-refractivity contribution in [1.82, 2.24) is 9.97 Å². The molecule has 2 heterocycles. The van der Waals surface area contributed by atoms with Crippen molar-refractivity contribution >= 4 is 16.6 Å². The molecule has 25 heavy (non-hydrogen) atoms. The van der Waals surface area contributed by atoms with Gasteiger partial charge in [-0.15, -0.1) is 0 Å². The summed E-state index contributed by atoms with van der Waals surface area (Å²) in [4.78, 5) is 9.24. The zero-order chi connectivity index (χ0) is 17.8. The lowest BCUT2D eigenvalue weighted by Gasteiger charge is -2.15. The molecule has 128 valence electrons. The van der Waals surface area contributed by atoms with Crippen LogP contribution in [0.2, 0.25) is 0 Å². The van der Waals surface area contributed by atoms with Gasteiger partial charge in [0.05, 0.1) is 15.7 Å². The van der Waals surface area contributed by atoms with Crippen LogP contribution in [-0.4, -0.2) is 20.4 Å². The topological polar surface area (TPSA) is 54.9 Å². The molecule has 1 aromatic carbocycles. The Bertz CT molecular complexity index is 882. The molecule has 3 aromatic rings. The van der Waals surface area contributed by atoms with Crippen molar-refractivity contribution in [2.75, 3.05) is 11.6 Å². The zero-order valence-corrected chi connectivity index (χ0v) is 14.8. The Kier molecular flexibility index (Phi) is 5.19. The van der Waals surface area contributed by atoms with Gasteiger partial charge in [-0.1, -0.05) is 12.1 Å². The maximum atomic E-state index is 13.0. The number of nitrogens with one attached hydrogen (secondary N) is 1. The average Bonchev–Trinajstić information content (AvgIpc) is 2.63. The number of nitrogens with zero attached hydrogens (tertiary/aromatic N) is 2. The third kappa shape index (κ3) is 4.28. The van der Waals surface area contributed by atoms with Gasteiger partial charge < -0.3 is 5.32 Å². The van der Waals surface area contributed by atoms with E-state index in [0.29, 0.717) is 4.90 Å². The number of anilines is 1. The summed E-state index contributed by atoms with van der Waals surface area (Å²) in [6, 6.07) is 12.1. The lowest BCUT2D eigenvalue weighted by molar-refractivity contribution is 0.626. The quantitative estimate of drug-likeness (QED) is 0.745. The lowest BCUT2D eigenvalue weighted by atomic mass is 10.1. The number of benzene rings is 1. The van der Waals surface area contributed by atoms with Gasteiger partial charge in [0.1, 0.15) is 11.6 Å². The number of aromatic nitrogens is 2. The Labute approximate surface area is 148 Å². The summed E-state index contributed by atoms with van der Waals surface area (Å²) < 4.78 is 24.6. The van der Waals surface area contributed by atoms with Gasteiger partial charge in [-0.3, -0.25) is 9.19 Å². The van der Waals surface area contributed by atoms with Crippen molar-refractivity contribution in [3.63, 3.8) is 0 Å². The van der Waals surface area contributed by atoms with Crippen LogP contribution >= 0.6 is 0 Å². The van der Waals surface area contributed by atoms with E-state index in [-0.39, 0.29) is 11.9 Å². The number of hydrogen-bond acceptors (Lipinski definition) is 4. The molecule has 0 radical (unpaired) electrons. The van der Waals surface area contributed by atoms with E-state index >= 15 is 0 Å². The third-order valence-corrected chi connectivity index (χ3v) is 4.76. The van der Waals surface area contributed by atoms with Crippen LogP contribution in [0, 0.1) is 5.82 Å². The van der Waals surface area contributed by atoms with E-state index in [4.69, 9.17) is 0 Å². The van der Waals surface area contributed by atoms with Crippen molar-refractivity contribution < 1.29 is 8.60 Å². The van der Waals surface area contributed by atoms with Crippen LogP contribution in [0.15, 0.2) is 66.0 Å². The van der Waals surface area contributed by atoms with Crippen LogP contribution in [0.3, 0.4) is 0 Å². The molecule has 4 nitrogen and oxygen atoms in total. The molecule has 2 aromatic heterocycles. The molecular formula is C19H18FN3OS. The van der Waals surface area contributed by atoms with E-state index in [1.807, 2.05) is 25.1 Å². The van der Waals surface area contributed by atoms with Crippen LogP contribution in [-0.2, 0) is 10.8 Å². The second-order valence-electron chi connectivity index (χ2n) is 5.71. The maximum absolute atomic E-state index is 13.0. The molecule has 1 N–H and O–H groups in total. The van der Waals surface area contributed by atoms with Crippen molar-refractivity contribution in [3.8, 4) is 11.1 Å². The summed E-state index contributed by atoms with van der Waals surface area (Å²) in [7, 11) is -1.07. The first kappa shape index (κ1) is 17.2. The smallest absolute Gasteiger partial charge is 0.126 e. The third-order valence-electron chi connectivity index (χ3n) is 3.88. The minimum atomic E-state index is -1.07. The first-order valence-electron chi connectivity index (χ1n) is 7.80. The number of pyridine rings is 2. The molecule has 0 aliphatic rings. The van der Waals surface area contributed by atoms with Crippen molar-refractivity contribution in [1.29, 1.82) is 0 Å². The van der Waals surface area contributed by atoms with Gasteiger partial charge in [-0.05, 0) is 42.8 Å². The van der Waals surface area contributed by atoms with E-state index in [9.17, 15) is 8.60 Å². The van der Waals surface area contributed by atoms with Gasteiger partial charge in [-0.25, -0.2) is 9.37 Å². The molecule has 0 aliphatic heterocycles. The predicted molar refractivity (Wildman–Crippen MR) is 98.2 cm³/mol. The van der Waals surface area contributed by atoms with E-state index in [1.54, 1.807) is 37.0 Å². The van der Waals surface area contributed by atoms with Crippen LogP contribution in [0.5, 0.6) is 0 Å². The first-order chi connectivity index (χ1) is 12.0. The summed E-state index contributed by atoms with van der Waals surface area (Å²) in [5.41, 5.74) is 2.76. The zero-order valence-electron chi connectivity index (χ0n) is 13.9. The predicted octanol–water partition coefficient (Wildman–Crippen LogP) is 4.19. The Morgan fingerprint density at radius 3 is 2.44 bits per heavy atom. The van der Waals surface area contributed by atoms with Crippen LogP contribution in [0.1, 0.15) is 18.5 Å². The van der Waals surface area contributed by atoms with E-state index < -0.39 is 10.8 Å². The Hall–Kier alpha value is -2.60. The minimum absolute atomic E-state index is 0.00598. The molecule has 0 fully saturated rings. The van der Waals surface area contributed by atoms with Gasteiger partial charge in [0, 0.05) is 42.0 Å². The second-order valence-corrected chi connectivity index (χ2v) is 7.09. The fraction of sp³-hybridized carbons (Fsp3) is 0.158. The molecule has 0 aliphatic carbocycles. The fourth-order valence-electron chi connectivity index (χ4n) is 2.44. The van der Waals surface area contributed by atoms with E-state index in [1.165, 1.54) is 12.1 Å². The highest BCUT2D eigenvalue weighted by Crippen LogP contribution is 2.23. The summed E-state index contributed by atoms with van der Waals surface area (Å²) in [6.07, 6.45) is 6.71. The Morgan fingerprint density at radius 1 is 1.04 bits per heavy atom. The molecule has 6 heteroatoms. The van der Waals surface area contributed by atoms with Gasteiger partial charge in [-0.2, -0.15) is 0 Å². The first-order valence-corrected chi connectivity index (χ1v) is 9.35. The molecule has 3 rings (SSSR count). The van der Waals surface area contributed by atoms with Gasteiger partial charge in [0.2, 0.25) is 0 Å². The van der Waals surface area contributed by atoms with E-state index in [0.717, 1.165) is 22.5 Å². The number of hydrogen-bond donors (Lipinski definition) is 1. The van der Waals surface area contributed by atoms with E-state index in [2.05, 4.69) is 15.3 Å². The lowest BCUT2D eigenvalue weighted by Crippen LogP contribution is -2.07. The molecule has 2 atom stereocenters. The Balaban J connectivity index is 1.75. The van der Waals surface area contributed by atoms with Crippen molar-refractivity contribution in [2.24, 2.45) is 0 Å². The molecule has 2 unspecified atom stereocenters. The number of rotatable bonds is 5. The minimum Gasteiger partial charge on any atom is -0.364 e. The molecule has 0 amide bonds. The summed E-state index contributed by atoms with van der Waals surface area (Å²) >= 11 is 0. The fourth-order valence-corrected chi connectivity index (χ4v) is 2.94. The largest absolute Gasteiger partial charge is 0.364 e. The highest BCUT2D eigenvalue weighted by atomic mass is 32.2. The average molecular weight is 355 g/mol. The molecule has 0 saturated heterocycles. The highest BCUT2D eigenvalue weighted by molar-refractivity contribution is 7.84. The van der Waals surface area contributed by atoms with Crippen LogP contribution in [0.25, 0.3) is 11.1 Å². The van der Waals surface area contributed by atoms with Gasteiger partial charge >= 0.3 is 0 Å². The molecule has 0 spiro atoms. The molecule has 0 bridgehead atoms. The van der Waals surface area contributed by atoms with Crippen LogP contribution < -0.4 is 5.32 Å². The standard InChI is InChI=1S/C19H18FN3OS/c1-13(14-3-6-17(20)7-4-14)23-19-8-5-15(11-22-19)16-9-18(25(2)24)12-21-10-16/h3-13H,1-2H3,(H,22,23). The number of halogens is 1. The summed E-state index contributed by atoms with van der Waals surface area (Å²) in [5, 5.41) is 3.29. The molecular weight excluding hydrogens is 337 g/mol. The highest BCUT2D eigenvalue weighted by Gasteiger charge is 2.07.